The molecular formula is C20H22N4O2S3. The van der Waals surface area contributed by atoms with Crippen molar-refractivity contribution in [2.45, 2.75) is 42.5 Å². The molecule has 0 saturated heterocycles. The number of rotatable bonds is 8. The Hall–Kier alpha value is -1.84. The van der Waals surface area contributed by atoms with Crippen molar-refractivity contribution in [3.05, 3.63) is 46.3 Å². The van der Waals surface area contributed by atoms with Crippen LogP contribution in [0, 0.1) is 6.92 Å². The van der Waals surface area contributed by atoms with Gasteiger partial charge in [-0.05, 0) is 45.1 Å². The largest absolute Gasteiger partial charge is 0.352 e. The molecule has 1 saturated carbocycles. The van der Waals surface area contributed by atoms with Gasteiger partial charge < -0.3 is 5.32 Å². The lowest BCUT2D eigenvalue weighted by Crippen LogP contribution is -2.40. The summed E-state index contributed by atoms with van der Waals surface area (Å²) in [5.74, 6) is 1.24. The molecule has 1 aliphatic rings. The van der Waals surface area contributed by atoms with Gasteiger partial charge in [-0.15, -0.1) is 23.1 Å². The van der Waals surface area contributed by atoms with Gasteiger partial charge in [0.15, 0.2) is 5.78 Å². The number of nitrogens with zero attached hydrogens (tertiary/aromatic N) is 3. The molecule has 1 N–H and O–H groups in total. The normalized spacial score (nSPS) is 16.0. The molecule has 0 aliphatic heterocycles. The number of hydrogen-bond acceptors (Lipinski definition) is 7. The fraction of sp³-hybridized carbons (Fsp3) is 0.400. The minimum Gasteiger partial charge on any atom is -0.352 e. The van der Waals surface area contributed by atoms with Gasteiger partial charge in [-0.25, -0.2) is 9.97 Å². The first kappa shape index (κ1) is 20.4. The number of aromatic nitrogens is 3. The lowest BCUT2D eigenvalue weighted by molar-refractivity contribution is -0.123. The van der Waals surface area contributed by atoms with E-state index in [0.717, 1.165) is 34.1 Å². The highest BCUT2D eigenvalue weighted by molar-refractivity contribution is 8.00. The van der Waals surface area contributed by atoms with Crippen LogP contribution in [-0.2, 0) is 9.54 Å². The molecule has 3 heterocycles. The Bertz CT molecular complexity index is 1070. The molecule has 0 radical (unpaired) electrons. The zero-order chi connectivity index (χ0) is 20.6. The molecule has 6 nitrogen and oxygen atoms in total. The molecule has 9 heteroatoms. The molecule has 1 aliphatic carbocycles. The summed E-state index contributed by atoms with van der Waals surface area (Å²) < 4.78 is 1.28. The van der Waals surface area contributed by atoms with Crippen molar-refractivity contribution in [3.8, 4) is 0 Å². The van der Waals surface area contributed by atoms with Gasteiger partial charge in [0, 0.05) is 23.3 Å². The summed E-state index contributed by atoms with van der Waals surface area (Å²) in [5, 5.41) is 3.88. The van der Waals surface area contributed by atoms with Crippen molar-refractivity contribution in [1.29, 1.82) is 0 Å². The number of fused-ring (bicyclic) bond motifs is 1. The maximum atomic E-state index is 12.8. The number of thioether (sulfide) groups is 2. The van der Waals surface area contributed by atoms with Gasteiger partial charge in [-0.3, -0.25) is 14.0 Å². The van der Waals surface area contributed by atoms with Crippen LogP contribution in [0.4, 0.5) is 0 Å². The summed E-state index contributed by atoms with van der Waals surface area (Å²) in [7, 11) is 0. The third-order valence-corrected chi connectivity index (χ3v) is 8.75. The number of carbonyl (C=O) groups is 2. The van der Waals surface area contributed by atoms with Crippen LogP contribution < -0.4 is 5.32 Å². The Kier molecular flexibility index (Phi) is 5.72. The van der Waals surface area contributed by atoms with Crippen LogP contribution in [0.2, 0.25) is 0 Å². The van der Waals surface area contributed by atoms with Crippen molar-refractivity contribution < 1.29 is 9.59 Å². The maximum Gasteiger partial charge on any atom is 0.241 e. The molecule has 0 aromatic carbocycles. The van der Waals surface area contributed by atoms with Gasteiger partial charge >= 0.3 is 0 Å². The monoisotopic (exact) mass is 446 g/mol. The summed E-state index contributed by atoms with van der Waals surface area (Å²) >= 11 is 4.33. The van der Waals surface area contributed by atoms with Crippen molar-refractivity contribution in [1.82, 2.24) is 19.7 Å². The quantitative estimate of drug-likeness (QED) is 0.417. The number of hydrogen-bond donors (Lipinski definition) is 1. The number of carbonyl (C=O) groups excluding carboxylic acids is 2. The highest BCUT2D eigenvalue weighted by atomic mass is 32.2. The summed E-state index contributed by atoms with van der Waals surface area (Å²) in [6, 6.07) is 4.05. The molecule has 1 atom stereocenters. The summed E-state index contributed by atoms with van der Waals surface area (Å²) in [4.78, 5) is 35.8. The van der Waals surface area contributed by atoms with E-state index in [4.69, 9.17) is 0 Å². The van der Waals surface area contributed by atoms with Gasteiger partial charge in [-0.2, -0.15) is 0 Å². The molecule has 3 aromatic heterocycles. The molecular weight excluding hydrogens is 424 g/mol. The Morgan fingerprint density at radius 2 is 2.14 bits per heavy atom. The number of thiophene rings is 1. The average Bonchev–Trinajstić information content (AvgIpc) is 3.25. The van der Waals surface area contributed by atoms with Crippen LogP contribution >= 0.6 is 34.9 Å². The van der Waals surface area contributed by atoms with E-state index in [2.05, 4.69) is 15.3 Å². The van der Waals surface area contributed by atoms with Gasteiger partial charge in [0.1, 0.15) is 15.6 Å². The van der Waals surface area contributed by atoms with E-state index < -0.39 is 4.75 Å². The lowest BCUT2D eigenvalue weighted by Gasteiger charge is -2.25. The van der Waals surface area contributed by atoms with E-state index in [1.807, 2.05) is 42.8 Å². The first-order valence-electron chi connectivity index (χ1n) is 9.33. The predicted molar refractivity (Wildman–Crippen MR) is 119 cm³/mol. The van der Waals surface area contributed by atoms with E-state index >= 15 is 0 Å². The van der Waals surface area contributed by atoms with Crippen LogP contribution in [0.25, 0.3) is 5.52 Å². The van der Waals surface area contributed by atoms with Gasteiger partial charge in [-0.1, -0.05) is 11.8 Å². The van der Waals surface area contributed by atoms with Crippen LogP contribution in [0.15, 0.2) is 35.7 Å². The van der Waals surface area contributed by atoms with Crippen LogP contribution in [0.5, 0.6) is 0 Å². The number of nitrogens with one attached hydrogen (secondary N) is 1. The van der Waals surface area contributed by atoms with Crippen molar-refractivity contribution in [2.24, 2.45) is 0 Å². The highest BCUT2D eigenvalue weighted by Crippen LogP contribution is 2.40. The fourth-order valence-electron chi connectivity index (χ4n) is 2.95. The molecule has 0 spiro atoms. The number of ketones is 1. The van der Waals surface area contributed by atoms with Crippen LogP contribution in [-0.4, -0.2) is 44.1 Å². The van der Waals surface area contributed by atoms with Gasteiger partial charge in [0.05, 0.1) is 22.3 Å². The predicted octanol–water partition coefficient (Wildman–Crippen LogP) is 3.93. The van der Waals surface area contributed by atoms with Gasteiger partial charge in [0.25, 0.3) is 0 Å². The number of amides is 1. The first-order chi connectivity index (χ1) is 13.9. The maximum absolute atomic E-state index is 12.8. The first-order valence-corrected chi connectivity index (χ1v) is 12.4. The molecule has 4 rings (SSSR count). The molecule has 29 heavy (non-hydrogen) atoms. The molecule has 152 valence electrons. The van der Waals surface area contributed by atoms with Gasteiger partial charge in [0.2, 0.25) is 5.91 Å². The number of Topliss-reactive ketones (excluding diaryl/α,β-unsaturated/α-hetero) is 1. The fourth-order valence-corrected chi connectivity index (χ4v) is 5.77. The van der Waals surface area contributed by atoms with Crippen LogP contribution in [0.1, 0.15) is 40.1 Å². The Morgan fingerprint density at radius 1 is 1.34 bits per heavy atom. The lowest BCUT2D eigenvalue weighted by atomic mass is 10.1. The zero-order valence-corrected chi connectivity index (χ0v) is 18.9. The molecule has 0 bridgehead atoms. The van der Waals surface area contributed by atoms with E-state index in [-0.39, 0.29) is 11.7 Å². The Morgan fingerprint density at radius 3 is 2.86 bits per heavy atom. The minimum atomic E-state index is -0.679. The number of aryl methyl sites for hydroxylation is 1. The molecule has 1 amide bonds. The second kappa shape index (κ2) is 8.12. The third-order valence-electron chi connectivity index (χ3n) is 5.05. The Labute approximate surface area is 181 Å². The second-order valence-corrected chi connectivity index (χ2v) is 10.4. The van der Waals surface area contributed by atoms with E-state index in [1.54, 1.807) is 12.4 Å². The summed E-state index contributed by atoms with van der Waals surface area (Å²) in [6.07, 6.45) is 9.41. The Balaban J connectivity index is 1.47. The molecule has 3 aromatic rings. The van der Waals surface area contributed by atoms with Crippen molar-refractivity contribution in [2.75, 3.05) is 12.0 Å². The SMILES string of the molecule is CSC(C)(C(=O)NC1CC1)c1ccc(C(=O)CSc2nccn3c(C)ncc23)s1. The standard InChI is InChI=1S/C20H22N4O2S3/c1-12-22-10-14-18(21-8-9-24(12)14)28-11-15(25)16-6-7-17(29-16)20(2,27-3)19(26)23-13-4-5-13/h6-10,13H,4-5,11H2,1-3H3,(H,23,26). The topological polar surface area (TPSA) is 76.4 Å². The van der Waals surface area contributed by atoms with Crippen LogP contribution in [0.3, 0.4) is 0 Å². The minimum absolute atomic E-state index is 0.0229. The zero-order valence-electron chi connectivity index (χ0n) is 16.5. The van der Waals surface area contributed by atoms with Crippen molar-refractivity contribution in [3.63, 3.8) is 0 Å². The summed E-state index contributed by atoms with van der Waals surface area (Å²) in [5.41, 5.74) is 0.904. The molecule has 1 fully saturated rings. The third kappa shape index (κ3) is 4.08. The summed E-state index contributed by atoms with van der Waals surface area (Å²) in [6.45, 7) is 3.86. The highest BCUT2D eigenvalue weighted by Gasteiger charge is 2.39. The smallest absolute Gasteiger partial charge is 0.241 e. The van der Waals surface area contributed by atoms with E-state index in [0.29, 0.717) is 16.7 Å². The van der Waals surface area contributed by atoms with E-state index in [9.17, 15) is 9.59 Å². The molecule has 1 unspecified atom stereocenters. The van der Waals surface area contributed by atoms with E-state index in [1.165, 1.54) is 34.9 Å². The average molecular weight is 447 g/mol. The second-order valence-electron chi connectivity index (χ2n) is 7.15. The van der Waals surface area contributed by atoms with Crippen molar-refractivity contribution >= 4 is 52.1 Å². The number of imidazole rings is 1.